The first-order chi connectivity index (χ1) is 14.1. The molecule has 1 aliphatic rings. The van der Waals surface area contributed by atoms with Crippen molar-refractivity contribution < 1.29 is 23.4 Å². The quantitative estimate of drug-likeness (QED) is 0.655. The van der Waals surface area contributed by atoms with E-state index in [9.17, 15) is 18.6 Å². The summed E-state index contributed by atoms with van der Waals surface area (Å²) in [6, 6.07) is 4.18. The van der Waals surface area contributed by atoms with Crippen LogP contribution in [0.25, 0.3) is 0 Å². The summed E-state index contributed by atoms with van der Waals surface area (Å²) in [5, 5.41) is 19.1. The molecule has 1 aliphatic heterocycles. The number of hydrogen-bond donors (Lipinski definition) is 2. The number of sulfonamides is 1. The second-order valence-electron chi connectivity index (χ2n) is 8.11. The van der Waals surface area contributed by atoms with Crippen molar-refractivity contribution in [2.24, 2.45) is 5.92 Å². The molecule has 1 aromatic rings. The van der Waals surface area contributed by atoms with Crippen molar-refractivity contribution in [1.29, 1.82) is 0 Å². The molecule has 0 bridgehead atoms. The van der Waals surface area contributed by atoms with Crippen LogP contribution in [0.4, 0.5) is 0 Å². The van der Waals surface area contributed by atoms with Crippen LogP contribution >= 0.6 is 0 Å². The highest BCUT2D eigenvalue weighted by molar-refractivity contribution is 7.89. The van der Waals surface area contributed by atoms with E-state index in [1.807, 2.05) is 14.0 Å². The van der Waals surface area contributed by atoms with E-state index in [2.05, 4.69) is 23.7 Å². The lowest BCUT2D eigenvalue weighted by Gasteiger charge is -2.37. The Morgan fingerprint density at radius 1 is 1.37 bits per heavy atom. The summed E-state index contributed by atoms with van der Waals surface area (Å²) >= 11 is 0. The number of aliphatic hydroxyl groups is 2. The van der Waals surface area contributed by atoms with Gasteiger partial charge in [-0.05, 0) is 52.1 Å². The maximum absolute atomic E-state index is 13.4. The van der Waals surface area contributed by atoms with Crippen LogP contribution in [0, 0.1) is 17.8 Å². The Hall–Kier alpha value is -1.63. The van der Waals surface area contributed by atoms with Crippen LogP contribution in [-0.4, -0.2) is 79.4 Å². The number of fused-ring (bicyclic) bond motifs is 1. The Bertz CT molecular complexity index is 875. The van der Waals surface area contributed by atoms with Crippen molar-refractivity contribution in [3.63, 3.8) is 0 Å². The van der Waals surface area contributed by atoms with Crippen molar-refractivity contribution in [1.82, 2.24) is 9.21 Å². The summed E-state index contributed by atoms with van der Waals surface area (Å²) in [6.07, 6.45) is -0.00725. The molecule has 2 N–H and O–H groups in total. The second-order valence-corrected chi connectivity index (χ2v) is 9.97. The van der Waals surface area contributed by atoms with Gasteiger partial charge in [0, 0.05) is 30.6 Å². The summed E-state index contributed by atoms with van der Waals surface area (Å²) in [4.78, 5) is 2.24. The van der Waals surface area contributed by atoms with Crippen LogP contribution in [0.15, 0.2) is 23.1 Å². The molecule has 0 aromatic heterocycles. The average molecular weight is 439 g/mol. The zero-order valence-corrected chi connectivity index (χ0v) is 19.3. The summed E-state index contributed by atoms with van der Waals surface area (Å²) < 4.78 is 34.4. The van der Waals surface area contributed by atoms with E-state index in [0.717, 1.165) is 13.0 Å². The predicted octanol–water partition coefficient (Wildman–Crippen LogP) is 1.53. The molecule has 0 fully saturated rings. The van der Waals surface area contributed by atoms with Gasteiger partial charge in [0.1, 0.15) is 22.9 Å². The fourth-order valence-electron chi connectivity index (χ4n) is 3.49. The minimum Gasteiger partial charge on any atom is -0.487 e. The number of ether oxygens (including phenoxy) is 1. The van der Waals surface area contributed by atoms with Gasteiger partial charge in [-0.2, -0.15) is 4.31 Å². The van der Waals surface area contributed by atoms with E-state index < -0.39 is 22.2 Å². The molecule has 4 atom stereocenters. The van der Waals surface area contributed by atoms with Crippen molar-refractivity contribution in [2.75, 3.05) is 33.3 Å². The molecular weight excluding hydrogens is 404 g/mol. The monoisotopic (exact) mass is 438 g/mol. The maximum atomic E-state index is 13.4. The molecule has 0 amide bonds. The smallest absolute Gasteiger partial charge is 0.247 e. The van der Waals surface area contributed by atoms with Gasteiger partial charge in [-0.25, -0.2) is 8.42 Å². The van der Waals surface area contributed by atoms with Gasteiger partial charge in [0.05, 0.1) is 6.61 Å². The lowest BCUT2D eigenvalue weighted by atomic mass is 10.0. The van der Waals surface area contributed by atoms with Gasteiger partial charge in [0.15, 0.2) is 0 Å². The van der Waals surface area contributed by atoms with Crippen molar-refractivity contribution in [2.45, 2.75) is 57.3 Å². The molecular formula is C22H34N2O5S. The SMILES string of the molecule is CCCN(C)C[C@H]1Oc2cc(C#C[C@@H](C)O)ccc2S(=O)(=O)N([C@@H](C)CO)C[C@H]1C. The summed E-state index contributed by atoms with van der Waals surface area (Å²) in [5.74, 6) is 5.69. The minimum absolute atomic E-state index is 0.0699. The van der Waals surface area contributed by atoms with Gasteiger partial charge in [-0.15, -0.1) is 0 Å². The third kappa shape index (κ3) is 5.96. The second kappa shape index (κ2) is 10.6. The van der Waals surface area contributed by atoms with Gasteiger partial charge >= 0.3 is 0 Å². The normalized spacial score (nSPS) is 23.3. The molecule has 0 aliphatic carbocycles. The number of likely N-dealkylation sites (N-methyl/N-ethyl adjacent to an activating group) is 1. The zero-order chi connectivity index (χ0) is 22.5. The molecule has 0 saturated carbocycles. The molecule has 1 aromatic carbocycles. The highest BCUT2D eigenvalue weighted by Crippen LogP contribution is 2.34. The number of hydrogen-bond acceptors (Lipinski definition) is 6. The summed E-state index contributed by atoms with van der Waals surface area (Å²) in [7, 11) is -1.84. The van der Waals surface area contributed by atoms with Gasteiger partial charge < -0.3 is 19.8 Å². The lowest BCUT2D eigenvalue weighted by Crippen LogP contribution is -2.49. The van der Waals surface area contributed by atoms with Crippen LogP contribution in [0.3, 0.4) is 0 Å². The summed E-state index contributed by atoms with van der Waals surface area (Å²) in [5.41, 5.74) is 0.570. The molecule has 0 saturated heterocycles. The van der Waals surface area contributed by atoms with Gasteiger partial charge in [-0.3, -0.25) is 0 Å². The fourth-order valence-corrected chi connectivity index (χ4v) is 5.31. The highest BCUT2D eigenvalue weighted by Gasteiger charge is 2.38. The maximum Gasteiger partial charge on any atom is 0.247 e. The predicted molar refractivity (Wildman–Crippen MR) is 117 cm³/mol. The Balaban J connectivity index is 2.56. The first kappa shape index (κ1) is 24.6. The third-order valence-corrected chi connectivity index (χ3v) is 7.21. The first-order valence-electron chi connectivity index (χ1n) is 10.4. The molecule has 1 heterocycles. The summed E-state index contributed by atoms with van der Waals surface area (Å²) in [6.45, 7) is 8.91. The molecule has 168 valence electrons. The van der Waals surface area contributed by atoms with Gasteiger partial charge in [0.25, 0.3) is 0 Å². The fraction of sp³-hybridized carbons (Fsp3) is 0.636. The molecule has 0 radical (unpaired) electrons. The molecule has 0 unspecified atom stereocenters. The number of benzene rings is 1. The molecule has 8 heteroatoms. The van der Waals surface area contributed by atoms with Gasteiger partial charge in [-0.1, -0.05) is 25.7 Å². The Kier molecular flexibility index (Phi) is 8.71. The Morgan fingerprint density at radius 3 is 2.67 bits per heavy atom. The van der Waals surface area contributed by atoms with Crippen LogP contribution < -0.4 is 4.74 Å². The average Bonchev–Trinajstić information content (AvgIpc) is 2.68. The largest absolute Gasteiger partial charge is 0.487 e. The van der Waals surface area contributed by atoms with Crippen molar-refractivity contribution in [3.8, 4) is 17.6 Å². The number of nitrogens with zero attached hydrogens (tertiary/aromatic N) is 2. The third-order valence-electron chi connectivity index (χ3n) is 5.19. The van der Waals surface area contributed by atoms with E-state index in [-0.39, 0.29) is 35.8 Å². The van der Waals surface area contributed by atoms with E-state index in [4.69, 9.17) is 4.74 Å². The standard InChI is InChI=1S/C22H34N2O5S/c1-6-11-23(5)14-21-16(2)13-24(17(3)15-25)30(27,28)22-10-9-19(8-7-18(4)26)12-20(22)29-21/h9-10,12,16-18,21,25-26H,6,11,13-15H2,1-5H3/t16-,17+,18-,21-/m1/s1. The molecule has 30 heavy (non-hydrogen) atoms. The van der Waals surface area contributed by atoms with Crippen LogP contribution in [0.1, 0.15) is 39.7 Å². The molecule has 2 rings (SSSR count). The molecule has 0 spiro atoms. The van der Waals surface area contributed by atoms with Crippen molar-refractivity contribution in [3.05, 3.63) is 23.8 Å². The molecule has 7 nitrogen and oxygen atoms in total. The van der Waals surface area contributed by atoms with E-state index in [1.54, 1.807) is 26.0 Å². The van der Waals surface area contributed by atoms with Crippen molar-refractivity contribution >= 4 is 10.0 Å². The van der Waals surface area contributed by atoms with Gasteiger partial charge in [0.2, 0.25) is 10.0 Å². The van der Waals surface area contributed by atoms with E-state index in [1.165, 1.54) is 10.4 Å². The lowest BCUT2D eigenvalue weighted by molar-refractivity contribution is 0.0752. The Labute approximate surface area is 180 Å². The topological polar surface area (TPSA) is 90.3 Å². The minimum atomic E-state index is -3.86. The van der Waals surface area contributed by atoms with Crippen LogP contribution in [0.5, 0.6) is 5.75 Å². The first-order valence-corrected chi connectivity index (χ1v) is 11.9. The van der Waals surface area contributed by atoms with Crippen LogP contribution in [-0.2, 0) is 10.0 Å². The highest BCUT2D eigenvalue weighted by atomic mass is 32.2. The van der Waals surface area contributed by atoms with Crippen LogP contribution in [0.2, 0.25) is 0 Å². The number of rotatable bonds is 6. The zero-order valence-electron chi connectivity index (χ0n) is 18.5. The number of aliphatic hydroxyl groups excluding tert-OH is 2. The Morgan fingerprint density at radius 2 is 2.07 bits per heavy atom. The van der Waals surface area contributed by atoms with E-state index in [0.29, 0.717) is 12.1 Å². The van der Waals surface area contributed by atoms with E-state index >= 15 is 0 Å².